The fraction of sp³-hybridized carbons (Fsp3) is 0.500. The smallest absolute Gasteiger partial charge is 0.416 e. The molecule has 2 N–H and O–H groups in total. The molecule has 0 saturated carbocycles. The second-order valence-electron chi connectivity index (χ2n) is 10.8. The Morgan fingerprint density at radius 1 is 1.08 bits per heavy atom. The minimum Gasteiger partial charge on any atom is -0.465 e. The molecule has 2 aromatic rings. The van der Waals surface area contributed by atoms with Gasteiger partial charge in [0.15, 0.2) is 0 Å². The third-order valence-electron chi connectivity index (χ3n) is 6.66. The second-order valence-corrected chi connectivity index (χ2v) is 11.9. The molecule has 2 aliphatic rings. The Kier molecular flexibility index (Phi) is 8.70. The fourth-order valence-electron chi connectivity index (χ4n) is 4.71. The summed E-state index contributed by atoms with van der Waals surface area (Å²) in [5.74, 6) is -0.484. The summed E-state index contributed by atoms with van der Waals surface area (Å²) in [6.07, 6.45) is -2.93. The summed E-state index contributed by atoms with van der Waals surface area (Å²) in [7, 11) is 1.29. The number of hydrogen-bond donors (Lipinski definition) is 2. The molecule has 2 aliphatic heterocycles. The molecule has 0 spiro atoms. The number of benzene rings is 2. The highest BCUT2D eigenvalue weighted by atomic mass is 32.2. The highest BCUT2D eigenvalue weighted by molar-refractivity contribution is 7.99. The number of likely N-dealkylation sites (tertiary alicyclic amines) is 1. The van der Waals surface area contributed by atoms with E-state index < -0.39 is 29.4 Å². The van der Waals surface area contributed by atoms with E-state index in [1.54, 1.807) is 12.1 Å². The molecule has 2 heterocycles. The Hall–Kier alpha value is -2.92. The number of carbonyl (C=O) groups is 2. The lowest BCUT2D eigenvalue weighted by molar-refractivity contribution is -0.137. The zero-order valence-corrected chi connectivity index (χ0v) is 23.4. The number of rotatable bonds is 6. The first-order valence-electron chi connectivity index (χ1n) is 12.9. The maximum atomic E-state index is 13.8. The van der Waals surface area contributed by atoms with Crippen molar-refractivity contribution in [2.45, 2.75) is 67.6 Å². The van der Waals surface area contributed by atoms with Gasteiger partial charge in [-0.25, -0.2) is 9.59 Å². The number of fused-ring (bicyclic) bond motifs is 2. The van der Waals surface area contributed by atoms with Gasteiger partial charge in [-0.3, -0.25) is 0 Å². The number of anilines is 1. The molecule has 39 heavy (non-hydrogen) atoms. The third-order valence-corrected chi connectivity index (χ3v) is 7.84. The molecular weight excluding hydrogens is 531 g/mol. The standard InChI is InChI=1S/C28H34F3N3O4S/c1-27(2,3)38-26(36)32-9-12-34-10-7-20(8-11-34)33-22-15-19(28(29,30)31)16-24-21(22)13-17-5-6-18(25(35)37-4)14-23(17)39-24/h5-6,14-16,20,33H,7-13H2,1-4H3,(H,32,36). The molecule has 11 heteroatoms. The van der Waals surface area contributed by atoms with Crippen LogP contribution >= 0.6 is 11.8 Å². The van der Waals surface area contributed by atoms with Gasteiger partial charge in [0.05, 0.1) is 18.2 Å². The minimum absolute atomic E-state index is 0.0285. The molecule has 2 aromatic carbocycles. The van der Waals surface area contributed by atoms with Gasteiger partial charge in [0.2, 0.25) is 0 Å². The molecule has 7 nitrogen and oxygen atoms in total. The number of nitrogens with one attached hydrogen (secondary N) is 2. The molecule has 0 aliphatic carbocycles. The minimum atomic E-state index is -4.48. The number of methoxy groups -OCH3 is 1. The molecule has 0 bridgehead atoms. The van der Waals surface area contributed by atoms with Gasteiger partial charge in [0.1, 0.15) is 5.60 Å². The lowest BCUT2D eigenvalue weighted by Crippen LogP contribution is -2.43. The van der Waals surface area contributed by atoms with E-state index in [0.29, 0.717) is 35.7 Å². The predicted molar refractivity (Wildman–Crippen MR) is 143 cm³/mol. The molecule has 1 amide bonds. The van der Waals surface area contributed by atoms with E-state index in [4.69, 9.17) is 9.47 Å². The first-order chi connectivity index (χ1) is 18.3. The SMILES string of the molecule is COC(=O)c1ccc2c(c1)Sc1cc(C(F)(F)F)cc(NC3CCN(CCNC(=O)OC(C)(C)C)CC3)c1C2. The zero-order chi connectivity index (χ0) is 28.4. The fourth-order valence-corrected chi connectivity index (χ4v) is 5.90. The average Bonchev–Trinajstić information content (AvgIpc) is 2.86. The summed E-state index contributed by atoms with van der Waals surface area (Å²) >= 11 is 1.25. The van der Waals surface area contributed by atoms with E-state index in [0.717, 1.165) is 42.0 Å². The van der Waals surface area contributed by atoms with Crippen LogP contribution < -0.4 is 10.6 Å². The van der Waals surface area contributed by atoms with E-state index in [1.807, 2.05) is 26.8 Å². The van der Waals surface area contributed by atoms with Crippen LogP contribution in [0.4, 0.5) is 23.7 Å². The molecule has 0 unspecified atom stereocenters. The van der Waals surface area contributed by atoms with Crippen molar-refractivity contribution in [3.05, 3.63) is 52.6 Å². The monoisotopic (exact) mass is 565 g/mol. The van der Waals surface area contributed by atoms with Crippen LogP contribution in [-0.4, -0.2) is 61.9 Å². The maximum absolute atomic E-state index is 13.8. The van der Waals surface area contributed by atoms with Crippen molar-refractivity contribution in [1.82, 2.24) is 10.2 Å². The first-order valence-corrected chi connectivity index (χ1v) is 13.7. The van der Waals surface area contributed by atoms with Crippen LogP contribution in [0.3, 0.4) is 0 Å². The highest BCUT2D eigenvalue weighted by Crippen LogP contribution is 2.46. The van der Waals surface area contributed by atoms with Gasteiger partial charge in [0, 0.05) is 54.1 Å². The summed E-state index contributed by atoms with van der Waals surface area (Å²) in [5.41, 5.74) is 1.40. The average molecular weight is 566 g/mol. The van der Waals surface area contributed by atoms with Crippen LogP contribution in [0, 0.1) is 0 Å². The lowest BCUT2D eigenvalue weighted by atomic mass is 9.97. The van der Waals surface area contributed by atoms with Crippen molar-refractivity contribution >= 4 is 29.5 Å². The predicted octanol–water partition coefficient (Wildman–Crippen LogP) is 5.95. The van der Waals surface area contributed by atoms with Crippen molar-refractivity contribution in [3.63, 3.8) is 0 Å². The molecule has 0 aromatic heterocycles. The number of alkyl halides is 3. The topological polar surface area (TPSA) is 79.9 Å². The van der Waals surface area contributed by atoms with Crippen LogP contribution in [0.5, 0.6) is 0 Å². The summed E-state index contributed by atoms with van der Waals surface area (Å²) in [6, 6.07) is 7.63. The first kappa shape index (κ1) is 29.1. The van der Waals surface area contributed by atoms with Crippen LogP contribution in [0.25, 0.3) is 0 Å². The molecule has 212 valence electrons. The van der Waals surface area contributed by atoms with E-state index in [9.17, 15) is 22.8 Å². The Morgan fingerprint density at radius 2 is 1.79 bits per heavy atom. The number of piperidine rings is 1. The maximum Gasteiger partial charge on any atom is 0.416 e. The van der Waals surface area contributed by atoms with Crippen LogP contribution in [-0.2, 0) is 22.1 Å². The van der Waals surface area contributed by atoms with Gasteiger partial charge in [-0.1, -0.05) is 17.8 Å². The van der Waals surface area contributed by atoms with Gasteiger partial charge >= 0.3 is 18.2 Å². The van der Waals surface area contributed by atoms with E-state index >= 15 is 0 Å². The summed E-state index contributed by atoms with van der Waals surface area (Å²) < 4.78 is 51.4. The Balaban J connectivity index is 1.42. The molecule has 1 saturated heterocycles. The van der Waals surface area contributed by atoms with Crippen molar-refractivity contribution in [3.8, 4) is 0 Å². The van der Waals surface area contributed by atoms with Gasteiger partial charge in [-0.15, -0.1) is 0 Å². The number of amides is 1. The summed E-state index contributed by atoms with van der Waals surface area (Å²) in [5, 5.41) is 6.17. The zero-order valence-electron chi connectivity index (χ0n) is 22.5. The molecule has 0 radical (unpaired) electrons. The van der Waals surface area contributed by atoms with Crippen molar-refractivity contribution in [1.29, 1.82) is 0 Å². The third kappa shape index (κ3) is 7.60. The number of esters is 1. The highest BCUT2D eigenvalue weighted by Gasteiger charge is 2.34. The van der Waals surface area contributed by atoms with Gasteiger partial charge < -0.3 is 25.0 Å². The molecule has 4 rings (SSSR count). The number of hydrogen-bond acceptors (Lipinski definition) is 7. The van der Waals surface area contributed by atoms with E-state index in [2.05, 4.69) is 15.5 Å². The van der Waals surface area contributed by atoms with Gasteiger partial charge in [-0.2, -0.15) is 13.2 Å². The van der Waals surface area contributed by atoms with Crippen LogP contribution in [0.15, 0.2) is 40.1 Å². The Morgan fingerprint density at radius 3 is 2.44 bits per heavy atom. The van der Waals surface area contributed by atoms with Gasteiger partial charge in [0.25, 0.3) is 0 Å². The van der Waals surface area contributed by atoms with E-state index in [1.165, 1.54) is 31.0 Å². The van der Waals surface area contributed by atoms with Crippen LogP contribution in [0.2, 0.25) is 0 Å². The molecular formula is C28H34F3N3O4S. The van der Waals surface area contributed by atoms with Crippen molar-refractivity contribution < 1.29 is 32.2 Å². The Bertz CT molecular complexity index is 1220. The second kappa shape index (κ2) is 11.7. The number of carbonyl (C=O) groups excluding carboxylic acids is 2. The lowest BCUT2D eigenvalue weighted by Gasteiger charge is -2.34. The Labute approximate surface area is 230 Å². The van der Waals surface area contributed by atoms with Crippen molar-refractivity contribution in [2.75, 3.05) is 38.6 Å². The number of ether oxygens (including phenoxy) is 2. The van der Waals surface area contributed by atoms with E-state index in [-0.39, 0.29) is 6.04 Å². The quantitative estimate of drug-likeness (QED) is 0.358. The van der Waals surface area contributed by atoms with Gasteiger partial charge in [-0.05, 0) is 69.0 Å². The summed E-state index contributed by atoms with van der Waals surface area (Å²) in [4.78, 5) is 27.3. The normalized spacial score (nSPS) is 16.2. The molecule has 1 fully saturated rings. The number of halogens is 3. The largest absolute Gasteiger partial charge is 0.465 e. The van der Waals surface area contributed by atoms with Crippen LogP contribution in [0.1, 0.15) is 60.7 Å². The number of nitrogens with zero attached hydrogens (tertiary/aromatic N) is 1. The summed E-state index contributed by atoms with van der Waals surface area (Å²) in [6.45, 7) is 8.10. The molecule has 0 atom stereocenters. The van der Waals surface area contributed by atoms with Crippen molar-refractivity contribution in [2.24, 2.45) is 0 Å². The number of alkyl carbamates (subject to hydrolysis) is 1.